The van der Waals surface area contributed by atoms with Crippen molar-refractivity contribution in [3.8, 4) is 0 Å². The molecule has 3 aromatic heterocycles. The number of hydrogen-bond acceptors (Lipinski definition) is 7. The summed E-state index contributed by atoms with van der Waals surface area (Å²) < 4.78 is 6.93. The van der Waals surface area contributed by atoms with Crippen LogP contribution < -0.4 is 10.6 Å². The van der Waals surface area contributed by atoms with Crippen molar-refractivity contribution in [3.05, 3.63) is 29.6 Å². The van der Waals surface area contributed by atoms with Crippen molar-refractivity contribution < 1.29 is 4.74 Å². The maximum Gasteiger partial charge on any atom is 0.225 e. The van der Waals surface area contributed by atoms with Crippen molar-refractivity contribution in [3.63, 3.8) is 0 Å². The summed E-state index contributed by atoms with van der Waals surface area (Å²) in [5.41, 5.74) is 3.83. The van der Waals surface area contributed by atoms with Gasteiger partial charge in [0, 0.05) is 26.9 Å². The van der Waals surface area contributed by atoms with E-state index in [0.29, 0.717) is 24.9 Å². The van der Waals surface area contributed by atoms with Gasteiger partial charge < -0.3 is 15.4 Å². The molecule has 0 aliphatic rings. The Bertz CT molecular complexity index is 891. The van der Waals surface area contributed by atoms with Gasteiger partial charge >= 0.3 is 0 Å². The number of fused-ring (bicyclic) bond motifs is 1. The van der Waals surface area contributed by atoms with Crippen molar-refractivity contribution in [2.24, 2.45) is 7.05 Å². The van der Waals surface area contributed by atoms with Crippen LogP contribution in [-0.4, -0.2) is 45.0 Å². The fraction of sp³-hybridized carbons (Fsp3) is 0.444. The third kappa shape index (κ3) is 3.91. The first kappa shape index (κ1) is 18.1. The number of pyridine rings is 1. The average molecular weight is 355 g/mol. The van der Waals surface area contributed by atoms with Gasteiger partial charge in [-0.3, -0.25) is 4.68 Å². The van der Waals surface area contributed by atoms with Crippen LogP contribution in [0.2, 0.25) is 0 Å². The Morgan fingerprint density at radius 2 is 2.12 bits per heavy atom. The fourth-order valence-electron chi connectivity index (χ4n) is 2.80. The molecule has 26 heavy (non-hydrogen) atoms. The van der Waals surface area contributed by atoms with Crippen LogP contribution in [0.3, 0.4) is 0 Å². The first-order valence-corrected chi connectivity index (χ1v) is 8.78. The maximum absolute atomic E-state index is 5.10. The average Bonchev–Trinajstić information content (AvgIpc) is 2.92. The van der Waals surface area contributed by atoms with Crippen LogP contribution in [-0.2, 0) is 18.2 Å². The molecule has 0 amide bonds. The highest BCUT2D eigenvalue weighted by Gasteiger charge is 2.17. The Balaban J connectivity index is 2.05. The summed E-state index contributed by atoms with van der Waals surface area (Å²) in [6.07, 6.45) is 3.65. The van der Waals surface area contributed by atoms with Gasteiger partial charge in [0.05, 0.1) is 12.3 Å². The van der Waals surface area contributed by atoms with Gasteiger partial charge in [0.15, 0.2) is 5.82 Å². The molecule has 8 nitrogen and oxygen atoms in total. The number of rotatable bonds is 8. The van der Waals surface area contributed by atoms with Crippen molar-refractivity contribution in [1.82, 2.24) is 24.7 Å². The molecule has 0 unspecified atom stereocenters. The topological polar surface area (TPSA) is 89.8 Å². The van der Waals surface area contributed by atoms with Crippen molar-refractivity contribution in [2.75, 3.05) is 30.9 Å². The lowest BCUT2D eigenvalue weighted by molar-refractivity contribution is 0.210. The minimum Gasteiger partial charge on any atom is -0.383 e. The van der Waals surface area contributed by atoms with Crippen LogP contribution in [0.25, 0.3) is 11.0 Å². The number of aromatic nitrogens is 5. The number of nitrogens with one attached hydrogen (secondary N) is 2. The molecule has 2 N–H and O–H groups in total. The van der Waals surface area contributed by atoms with Gasteiger partial charge in [-0.15, -0.1) is 0 Å². The largest absolute Gasteiger partial charge is 0.383 e. The highest BCUT2D eigenvalue weighted by molar-refractivity contribution is 5.90. The molecule has 138 valence electrons. The lowest BCUT2D eigenvalue weighted by atomic mass is 10.2. The maximum atomic E-state index is 5.10. The van der Waals surface area contributed by atoms with E-state index in [9.17, 15) is 0 Å². The monoisotopic (exact) mass is 355 g/mol. The summed E-state index contributed by atoms with van der Waals surface area (Å²) in [6, 6.07) is 3.94. The summed E-state index contributed by atoms with van der Waals surface area (Å²) in [4.78, 5) is 13.7. The number of methoxy groups -OCH3 is 1. The molecule has 0 saturated carbocycles. The second-order valence-electron chi connectivity index (χ2n) is 6.18. The van der Waals surface area contributed by atoms with Crippen LogP contribution in [0.15, 0.2) is 18.3 Å². The van der Waals surface area contributed by atoms with Gasteiger partial charge in [-0.2, -0.15) is 10.1 Å². The molecule has 0 saturated heterocycles. The summed E-state index contributed by atoms with van der Waals surface area (Å²) in [7, 11) is 3.58. The van der Waals surface area contributed by atoms with E-state index in [-0.39, 0.29) is 0 Å². The SMILES string of the molecule is CCCc1nn(C)c2c(Nc3cc(C)ccn3)nc(NCCOC)nc12. The van der Waals surface area contributed by atoms with Crippen LogP contribution in [0.4, 0.5) is 17.6 Å². The molecule has 0 aliphatic carbocycles. The normalized spacial score (nSPS) is 11.1. The van der Waals surface area contributed by atoms with Crippen LogP contribution in [0.1, 0.15) is 24.6 Å². The molecule has 0 spiro atoms. The van der Waals surface area contributed by atoms with E-state index in [1.165, 1.54) is 0 Å². The van der Waals surface area contributed by atoms with Crippen LogP contribution in [0, 0.1) is 6.92 Å². The minimum absolute atomic E-state index is 0.551. The van der Waals surface area contributed by atoms with E-state index in [1.807, 2.05) is 30.8 Å². The van der Waals surface area contributed by atoms with Gasteiger partial charge in [-0.25, -0.2) is 9.97 Å². The molecule has 0 bridgehead atoms. The minimum atomic E-state index is 0.551. The highest BCUT2D eigenvalue weighted by Crippen LogP contribution is 2.27. The number of aryl methyl sites for hydroxylation is 3. The van der Waals surface area contributed by atoms with Gasteiger partial charge in [0.2, 0.25) is 5.95 Å². The number of anilines is 3. The molecular weight excluding hydrogens is 330 g/mol. The zero-order chi connectivity index (χ0) is 18.5. The van der Waals surface area contributed by atoms with Crippen LogP contribution in [0.5, 0.6) is 0 Å². The van der Waals surface area contributed by atoms with E-state index >= 15 is 0 Å². The van der Waals surface area contributed by atoms with Gasteiger partial charge in [0.25, 0.3) is 0 Å². The molecule has 0 fully saturated rings. The summed E-state index contributed by atoms with van der Waals surface area (Å²) in [6.45, 7) is 5.38. The molecular formula is C18H25N7O. The van der Waals surface area contributed by atoms with E-state index in [0.717, 1.165) is 41.0 Å². The fourth-order valence-corrected chi connectivity index (χ4v) is 2.80. The van der Waals surface area contributed by atoms with Crippen molar-refractivity contribution in [1.29, 1.82) is 0 Å². The molecule has 8 heteroatoms. The number of nitrogens with zero attached hydrogens (tertiary/aromatic N) is 5. The molecule has 3 heterocycles. The molecule has 0 aliphatic heterocycles. The predicted octanol–water partition coefficient (Wildman–Crippen LogP) is 2.82. The summed E-state index contributed by atoms with van der Waals surface area (Å²) in [5.74, 6) is 1.98. The van der Waals surface area contributed by atoms with Gasteiger partial charge in [-0.05, 0) is 31.0 Å². The first-order chi connectivity index (χ1) is 12.6. The first-order valence-electron chi connectivity index (χ1n) is 8.78. The lowest BCUT2D eigenvalue weighted by Gasteiger charge is -2.10. The predicted molar refractivity (Wildman–Crippen MR) is 103 cm³/mol. The standard InChI is InChI=1S/C18H25N7O/c1-5-6-13-15-16(25(3)24-13)17(21-14-11-12(2)7-8-19-14)23-18(22-15)20-9-10-26-4/h7-8,11H,5-6,9-10H2,1-4H3,(H2,19,20,21,22,23). The number of hydrogen-bond donors (Lipinski definition) is 2. The van der Waals surface area contributed by atoms with Crippen molar-refractivity contribution >= 4 is 28.6 Å². The van der Waals surface area contributed by atoms with E-state index in [1.54, 1.807) is 13.3 Å². The third-order valence-corrected chi connectivity index (χ3v) is 3.99. The quantitative estimate of drug-likeness (QED) is 0.601. The Morgan fingerprint density at radius 3 is 2.85 bits per heavy atom. The molecule has 0 aromatic carbocycles. The molecule has 0 radical (unpaired) electrons. The zero-order valence-electron chi connectivity index (χ0n) is 15.7. The summed E-state index contributed by atoms with van der Waals surface area (Å²) >= 11 is 0. The Hall–Kier alpha value is -2.74. The van der Waals surface area contributed by atoms with E-state index in [4.69, 9.17) is 4.74 Å². The van der Waals surface area contributed by atoms with Crippen molar-refractivity contribution in [2.45, 2.75) is 26.7 Å². The molecule has 3 rings (SSSR count). The molecule has 0 atom stereocenters. The van der Waals surface area contributed by atoms with Crippen LogP contribution >= 0.6 is 0 Å². The van der Waals surface area contributed by atoms with E-state index in [2.05, 4.69) is 37.6 Å². The van der Waals surface area contributed by atoms with Gasteiger partial charge in [-0.1, -0.05) is 13.3 Å². The Morgan fingerprint density at radius 1 is 1.27 bits per heavy atom. The number of ether oxygens (including phenoxy) is 1. The third-order valence-electron chi connectivity index (χ3n) is 3.99. The molecule has 3 aromatic rings. The second-order valence-corrected chi connectivity index (χ2v) is 6.18. The highest BCUT2D eigenvalue weighted by atomic mass is 16.5. The van der Waals surface area contributed by atoms with E-state index < -0.39 is 0 Å². The zero-order valence-corrected chi connectivity index (χ0v) is 15.7. The Kier molecular flexibility index (Phi) is 5.62. The summed E-state index contributed by atoms with van der Waals surface area (Å²) in [5, 5.41) is 11.2. The Labute approximate surface area is 153 Å². The van der Waals surface area contributed by atoms with Gasteiger partial charge in [0.1, 0.15) is 16.9 Å². The lowest BCUT2D eigenvalue weighted by Crippen LogP contribution is -2.11. The smallest absolute Gasteiger partial charge is 0.225 e. The second kappa shape index (κ2) is 8.09.